The first-order valence-corrected chi connectivity index (χ1v) is 9.16. The maximum Gasteiger partial charge on any atom is 0.303 e. The fraction of sp³-hybridized carbons (Fsp3) is 0.200. The van der Waals surface area contributed by atoms with E-state index in [4.69, 9.17) is 5.11 Å². The molecule has 0 radical (unpaired) electrons. The quantitative estimate of drug-likeness (QED) is 0.615. The van der Waals surface area contributed by atoms with Crippen LogP contribution in [0.3, 0.4) is 0 Å². The lowest BCUT2D eigenvalue weighted by atomic mass is 10.0. The highest BCUT2D eigenvalue weighted by molar-refractivity contribution is 9.10. The summed E-state index contributed by atoms with van der Waals surface area (Å²) in [5.74, 6) is -1.07. The van der Waals surface area contributed by atoms with Crippen molar-refractivity contribution in [2.24, 2.45) is 0 Å². The van der Waals surface area contributed by atoms with Crippen LogP contribution in [-0.2, 0) is 11.2 Å². The summed E-state index contributed by atoms with van der Waals surface area (Å²) in [4.78, 5) is 23.8. The molecule has 0 aliphatic rings. The van der Waals surface area contributed by atoms with Gasteiger partial charge in [-0.2, -0.15) is 0 Å². The summed E-state index contributed by atoms with van der Waals surface area (Å²) in [7, 11) is 0. The lowest BCUT2D eigenvalue weighted by Gasteiger charge is -2.18. The third-order valence-electron chi connectivity index (χ3n) is 4.24. The molecule has 134 valence electrons. The molecular formula is C20H19BrN2O3. The van der Waals surface area contributed by atoms with Gasteiger partial charge in [0.05, 0.1) is 15.7 Å². The summed E-state index contributed by atoms with van der Waals surface area (Å²) >= 11 is 3.46. The second kappa shape index (κ2) is 8.19. The Hall–Kier alpha value is -2.60. The number of carboxylic acids is 1. The predicted octanol–water partition coefficient (Wildman–Crippen LogP) is 3.91. The molecule has 3 aromatic rings. The Morgan fingerprint density at radius 3 is 2.58 bits per heavy atom. The average molecular weight is 415 g/mol. The number of hydrogen-bond acceptors (Lipinski definition) is 2. The van der Waals surface area contributed by atoms with Crippen LogP contribution in [0.15, 0.2) is 65.4 Å². The zero-order valence-electron chi connectivity index (χ0n) is 14.1. The molecule has 2 N–H and O–H groups in total. The second-order valence-electron chi connectivity index (χ2n) is 6.13. The number of pyridine rings is 1. The highest BCUT2D eigenvalue weighted by Crippen LogP contribution is 2.21. The lowest BCUT2D eigenvalue weighted by molar-refractivity contribution is -0.137. The van der Waals surface area contributed by atoms with Crippen LogP contribution in [-0.4, -0.2) is 27.4 Å². The van der Waals surface area contributed by atoms with Crippen LogP contribution in [0, 0.1) is 0 Å². The van der Waals surface area contributed by atoms with Crippen molar-refractivity contribution in [2.75, 3.05) is 0 Å². The number of aliphatic carboxylic acids is 1. The van der Waals surface area contributed by atoms with Crippen LogP contribution in [0.2, 0.25) is 0 Å². The summed E-state index contributed by atoms with van der Waals surface area (Å²) in [5, 5.41) is 12.0. The highest BCUT2D eigenvalue weighted by Gasteiger charge is 2.19. The molecule has 1 unspecified atom stereocenters. The number of carbonyl (C=O) groups is 2. The van der Waals surface area contributed by atoms with Crippen LogP contribution >= 0.6 is 15.9 Å². The molecule has 0 saturated heterocycles. The minimum atomic E-state index is -0.866. The van der Waals surface area contributed by atoms with Gasteiger partial charge in [-0.15, -0.1) is 0 Å². The number of nitrogens with zero attached hydrogens (tertiary/aromatic N) is 1. The van der Waals surface area contributed by atoms with Crippen molar-refractivity contribution in [3.05, 3.63) is 76.5 Å². The van der Waals surface area contributed by atoms with Crippen molar-refractivity contribution in [2.45, 2.75) is 25.3 Å². The van der Waals surface area contributed by atoms with Gasteiger partial charge < -0.3 is 14.8 Å². The maximum atomic E-state index is 12.8. The number of rotatable bonds is 7. The first kappa shape index (κ1) is 18.2. The van der Waals surface area contributed by atoms with Crippen molar-refractivity contribution >= 4 is 33.3 Å². The number of aromatic nitrogens is 1. The van der Waals surface area contributed by atoms with Crippen LogP contribution in [0.4, 0.5) is 0 Å². The molecular weight excluding hydrogens is 396 g/mol. The van der Waals surface area contributed by atoms with Crippen LogP contribution in [0.25, 0.3) is 5.52 Å². The van der Waals surface area contributed by atoms with Gasteiger partial charge in [-0.3, -0.25) is 9.59 Å². The molecule has 0 bridgehead atoms. The first-order chi connectivity index (χ1) is 12.5. The van der Waals surface area contributed by atoms with Gasteiger partial charge in [0.1, 0.15) is 0 Å². The Balaban J connectivity index is 1.80. The topological polar surface area (TPSA) is 70.8 Å². The molecule has 0 aliphatic heterocycles. The molecule has 5 nitrogen and oxygen atoms in total. The minimum Gasteiger partial charge on any atom is -0.481 e. The molecule has 2 aromatic heterocycles. The number of nitrogens with one attached hydrogen (secondary N) is 1. The van der Waals surface area contributed by atoms with Gasteiger partial charge in [0.25, 0.3) is 5.91 Å². The van der Waals surface area contributed by atoms with Crippen molar-refractivity contribution < 1.29 is 14.7 Å². The van der Waals surface area contributed by atoms with Crippen LogP contribution in [0.5, 0.6) is 0 Å². The van der Waals surface area contributed by atoms with E-state index in [0.717, 1.165) is 15.7 Å². The molecule has 0 aliphatic carbocycles. The van der Waals surface area contributed by atoms with Gasteiger partial charge in [-0.1, -0.05) is 36.4 Å². The number of amides is 1. The Morgan fingerprint density at radius 2 is 1.85 bits per heavy atom. The molecule has 6 heteroatoms. The monoisotopic (exact) mass is 414 g/mol. The predicted molar refractivity (Wildman–Crippen MR) is 103 cm³/mol. The van der Waals surface area contributed by atoms with Crippen LogP contribution < -0.4 is 5.32 Å². The number of carbonyl (C=O) groups excluding carboxylic acids is 1. The van der Waals surface area contributed by atoms with E-state index in [9.17, 15) is 9.59 Å². The van der Waals surface area contributed by atoms with E-state index < -0.39 is 5.97 Å². The molecule has 26 heavy (non-hydrogen) atoms. The summed E-state index contributed by atoms with van der Waals surface area (Å²) < 4.78 is 2.68. The molecule has 0 saturated carbocycles. The number of hydrogen-bond donors (Lipinski definition) is 2. The van der Waals surface area contributed by atoms with E-state index in [1.54, 1.807) is 6.07 Å². The Kier molecular flexibility index (Phi) is 5.73. The number of fused-ring (bicyclic) bond motifs is 1. The zero-order valence-corrected chi connectivity index (χ0v) is 15.6. The fourth-order valence-electron chi connectivity index (χ4n) is 2.98. The van der Waals surface area contributed by atoms with Gasteiger partial charge >= 0.3 is 5.97 Å². The van der Waals surface area contributed by atoms with Gasteiger partial charge in [-0.05, 0) is 52.5 Å². The largest absolute Gasteiger partial charge is 0.481 e. The van der Waals surface area contributed by atoms with E-state index >= 15 is 0 Å². The van der Waals surface area contributed by atoms with Crippen LogP contribution in [0.1, 0.15) is 28.8 Å². The van der Waals surface area contributed by atoms with Gasteiger partial charge in [-0.25, -0.2) is 0 Å². The van der Waals surface area contributed by atoms with Crippen molar-refractivity contribution in [1.82, 2.24) is 9.72 Å². The van der Waals surface area contributed by atoms with E-state index in [-0.39, 0.29) is 18.4 Å². The Morgan fingerprint density at radius 1 is 1.12 bits per heavy atom. The van der Waals surface area contributed by atoms with Crippen molar-refractivity contribution in [1.29, 1.82) is 0 Å². The van der Waals surface area contributed by atoms with Gasteiger partial charge in [0.2, 0.25) is 0 Å². The molecule has 1 aromatic carbocycles. The van der Waals surface area contributed by atoms with E-state index in [1.165, 1.54) is 0 Å². The standard InChI is InChI=1S/C20H19BrN2O3/c21-18-13-16(17-8-4-5-11-23(17)18)20(26)22-15(9-10-19(24)25)12-14-6-2-1-3-7-14/h1-8,11,13,15H,9-10,12H2,(H,22,26)(H,24,25). The smallest absolute Gasteiger partial charge is 0.303 e. The Labute approximate surface area is 159 Å². The maximum absolute atomic E-state index is 12.8. The van der Waals surface area contributed by atoms with E-state index in [0.29, 0.717) is 18.4 Å². The van der Waals surface area contributed by atoms with Crippen molar-refractivity contribution in [3.8, 4) is 0 Å². The first-order valence-electron chi connectivity index (χ1n) is 8.37. The molecule has 1 amide bonds. The molecule has 2 heterocycles. The third kappa shape index (κ3) is 4.32. The highest BCUT2D eigenvalue weighted by atomic mass is 79.9. The Bertz CT molecular complexity index is 921. The SMILES string of the molecule is O=C(O)CCC(Cc1ccccc1)NC(=O)c1cc(Br)n2ccccc12. The number of halogens is 1. The fourth-order valence-corrected chi connectivity index (χ4v) is 3.52. The molecule has 0 fully saturated rings. The van der Waals surface area contributed by atoms with E-state index in [2.05, 4.69) is 21.2 Å². The number of benzene rings is 1. The molecule has 1 atom stereocenters. The number of carboxylic acid groups (broad SMARTS) is 1. The summed E-state index contributed by atoms with van der Waals surface area (Å²) in [6.07, 6.45) is 2.86. The second-order valence-corrected chi connectivity index (χ2v) is 6.94. The lowest BCUT2D eigenvalue weighted by Crippen LogP contribution is -2.36. The molecule has 3 rings (SSSR count). The minimum absolute atomic E-state index is 0.0119. The van der Waals surface area contributed by atoms with Crippen molar-refractivity contribution in [3.63, 3.8) is 0 Å². The average Bonchev–Trinajstić information content (AvgIpc) is 2.98. The van der Waals surface area contributed by atoms with E-state index in [1.807, 2.05) is 59.1 Å². The van der Waals surface area contributed by atoms with Gasteiger partial charge in [0, 0.05) is 18.7 Å². The molecule has 0 spiro atoms. The zero-order chi connectivity index (χ0) is 18.5. The summed E-state index contributed by atoms with van der Waals surface area (Å²) in [5.41, 5.74) is 2.42. The van der Waals surface area contributed by atoms with Gasteiger partial charge in [0.15, 0.2) is 0 Å². The summed E-state index contributed by atoms with van der Waals surface area (Å²) in [6.45, 7) is 0. The summed E-state index contributed by atoms with van der Waals surface area (Å²) in [6, 6.07) is 16.9. The normalized spacial score (nSPS) is 12.0. The third-order valence-corrected chi connectivity index (χ3v) is 4.85.